The van der Waals surface area contributed by atoms with Crippen molar-refractivity contribution < 1.29 is 9.90 Å². The van der Waals surface area contributed by atoms with Crippen molar-refractivity contribution in [3.63, 3.8) is 0 Å². The average Bonchev–Trinajstić information content (AvgIpc) is 2.82. The summed E-state index contributed by atoms with van der Waals surface area (Å²) in [5.41, 5.74) is 0.279. The highest BCUT2D eigenvalue weighted by atomic mass is 35.5. The van der Waals surface area contributed by atoms with Gasteiger partial charge in [-0.25, -0.2) is 4.79 Å². The third-order valence-corrected chi connectivity index (χ3v) is 5.34. The lowest BCUT2D eigenvalue weighted by atomic mass is 10.2. The standard InChI is InChI=1S/C15H9Cl2NO2S2/c16-8-5-9(17)7-10(6-8)22-18-14-13(15(19)20)11-3-1-2-4-12(11)21-14/h1-7,18H,(H,19,20). The maximum absolute atomic E-state index is 11.5. The zero-order valence-corrected chi connectivity index (χ0v) is 14.1. The highest BCUT2D eigenvalue weighted by molar-refractivity contribution is 8.00. The number of hydrogen-bond donors (Lipinski definition) is 2. The second-order valence-corrected chi connectivity index (χ2v) is 7.22. The van der Waals surface area contributed by atoms with Crippen molar-refractivity contribution in [1.29, 1.82) is 0 Å². The van der Waals surface area contributed by atoms with E-state index in [4.69, 9.17) is 23.2 Å². The number of benzene rings is 2. The van der Waals surface area contributed by atoms with Crippen molar-refractivity contribution in [3.8, 4) is 0 Å². The third kappa shape index (κ3) is 3.17. The smallest absolute Gasteiger partial charge is 0.339 e. The molecular formula is C15H9Cl2NO2S2. The zero-order chi connectivity index (χ0) is 15.7. The number of nitrogens with one attached hydrogen (secondary N) is 1. The van der Waals surface area contributed by atoms with Gasteiger partial charge in [-0.05, 0) is 36.2 Å². The van der Waals surface area contributed by atoms with Crippen LogP contribution in [-0.4, -0.2) is 11.1 Å². The Kier molecular flexibility index (Phi) is 4.49. The highest BCUT2D eigenvalue weighted by Crippen LogP contribution is 2.38. The molecule has 0 fully saturated rings. The molecule has 3 aromatic rings. The summed E-state index contributed by atoms with van der Waals surface area (Å²) in [5, 5.41) is 11.8. The van der Waals surface area contributed by atoms with E-state index in [1.54, 1.807) is 24.3 Å². The molecule has 3 nitrogen and oxygen atoms in total. The number of anilines is 1. The molecule has 3 rings (SSSR count). The molecule has 0 aliphatic rings. The van der Waals surface area contributed by atoms with Gasteiger partial charge in [0.15, 0.2) is 0 Å². The Bertz CT molecular complexity index is 844. The van der Waals surface area contributed by atoms with Gasteiger partial charge < -0.3 is 9.83 Å². The molecule has 2 aromatic carbocycles. The van der Waals surface area contributed by atoms with Crippen molar-refractivity contribution in [3.05, 3.63) is 58.1 Å². The number of thiophene rings is 1. The molecule has 0 bridgehead atoms. The van der Waals surface area contributed by atoms with Gasteiger partial charge in [-0.15, -0.1) is 11.3 Å². The van der Waals surface area contributed by atoms with Gasteiger partial charge in [-0.1, -0.05) is 41.4 Å². The topological polar surface area (TPSA) is 49.3 Å². The minimum Gasteiger partial charge on any atom is -0.478 e. The van der Waals surface area contributed by atoms with Crippen molar-refractivity contribution in [2.45, 2.75) is 4.90 Å². The van der Waals surface area contributed by atoms with E-state index >= 15 is 0 Å². The lowest BCUT2D eigenvalue weighted by Crippen LogP contribution is -1.98. The Morgan fingerprint density at radius 2 is 1.82 bits per heavy atom. The van der Waals surface area contributed by atoms with Crippen LogP contribution >= 0.6 is 46.5 Å². The first-order valence-corrected chi connectivity index (χ1v) is 8.57. The molecule has 0 amide bonds. The second kappa shape index (κ2) is 6.38. The molecule has 7 heteroatoms. The molecule has 1 aromatic heterocycles. The Labute approximate surface area is 145 Å². The van der Waals surface area contributed by atoms with E-state index in [1.165, 1.54) is 23.3 Å². The fourth-order valence-electron chi connectivity index (χ4n) is 2.02. The van der Waals surface area contributed by atoms with Gasteiger partial charge >= 0.3 is 5.97 Å². The summed E-state index contributed by atoms with van der Waals surface area (Å²) >= 11 is 14.6. The van der Waals surface area contributed by atoms with Gasteiger partial charge in [0.2, 0.25) is 0 Å². The maximum atomic E-state index is 11.5. The third-order valence-electron chi connectivity index (χ3n) is 2.91. The highest BCUT2D eigenvalue weighted by Gasteiger charge is 2.18. The fraction of sp³-hybridized carbons (Fsp3) is 0. The molecule has 0 saturated carbocycles. The number of hydrogen-bond acceptors (Lipinski definition) is 4. The van der Waals surface area contributed by atoms with E-state index in [0.29, 0.717) is 15.0 Å². The average molecular weight is 370 g/mol. The van der Waals surface area contributed by atoms with Crippen LogP contribution < -0.4 is 4.72 Å². The summed E-state index contributed by atoms with van der Waals surface area (Å²) in [7, 11) is 0. The van der Waals surface area contributed by atoms with Crippen LogP contribution in [-0.2, 0) is 0 Å². The molecule has 0 spiro atoms. The van der Waals surface area contributed by atoms with Gasteiger partial charge in [0.1, 0.15) is 10.6 Å². The second-order valence-electron chi connectivity index (χ2n) is 4.42. The Hall–Kier alpha value is -1.40. The van der Waals surface area contributed by atoms with Crippen LogP contribution in [0.4, 0.5) is 5.00 Å². The predicted molar refractivity (Wildman–Crippen MR) is 94.7 cm³/mol. The van der Waals surface area contributed by atoms with Crippen LogP contribution in [0.15, 0.2) is 47.4 Å². The SMILES string of the molecule is O=C(O)c1c(NSc2cc(Cl)cc(Cl)c2)sc2ccccc12. The lowest BCUT2D eigenvalue weighted by Gasteiger charge is -2.05. The van der Waals surface area contributed by atoms with Crippen molar-refractivity contribution >= 4 is 67.5 Å². The predicted octanol–water partition coefficient (Wildman–Crippen LogP) is 6.03. The van der Waals surface area contributed by atoms with E-state index in [-0.39, 0.29) is 5.56 Å². The van der Waals surface area contributed by atoms with Crippen molar-refractivity contribution in [1.82, 2.24) is 0 Å². The van der Waals surface area contributed by atoms with Gasteiger partial charge in [0.05, 0.1) is 0 Å². The van der Waals surface area contributed by atoms with Crippen molar-refractivity contribution in [2.75, 3.05) is 4.72 Å². The van der Waals surface area contributed by atoms with Gasteiger partial charge in [-0.3, -0.25) is 0 Å². The van der Waals surface area contributed by atoms with Crippen LogP contribution in [0.3, 0.4) is 0 Å². The number of aromatic carboxylic acids is 1. The van der Waals surface area contributed by atoms with Crippen LogP contribution in [0, 0.1) is 0 Å². The van der Waals surface area contributed by atoms with Gasteiger partial charge in [0.25, 0.3) is 0 Å². The number of rotatable bonds is 4. The van der Waals surface area contributed by atoms with E-state index in [2.05, 4.69) is 4.72 Å². The quantitative estimate of drug-likeness (QED) is 0.551. The first-order chi connectivity index (χ1) is 10.5. The molecule has 0 aliphatic carbocycles. The van der Waals surface area contributed by atoms with Crippen LogP contribution in [0.2, 0.25) is 10.0 Å². The molecule has 112 valence electrons. The summed E-state index contributed by atoms with van der Waals surface area (Å²) in [6.45, 7) is 0. The van der Waals surface area contributed by atoms with E-state index in [0.717, 1.165) is 15.0 Å². The molecular weight excluding hydrogens is 361 g/mol. The molecule has 0 saturated heterocycles. The molecule has 0 unspecified atom stereocenters. The largest absolute Gasteiger partial charge is 0.478 e. The zero-order valence-electron chi connectivity index (χ0n) is 11.0. The number of carboxylic acids is 1. The fourth-order valence-corrected chi connectivity index (χ4v) is 4.60. The van der Waals surface area contributed by atoms with Crippen LogP contribution in [0.25, 0.3) is 10.1 Å². The summed E-state index contributed by atoms with van der Waals surface area (Å²) in [5.74, 6) is -0.954. The summed E-state index contributed by atoms with van der Waals surface area (Å²) < 4.78 is 4.02. The van der Waals surface area contributed by atoms with Gasteiger partial charge in [-0.2, -0.15) is 0 Å². The Morgan fingerprint density at radius 3 is 2.50 bits per heavy atom. The summed E-state index contributed by atoms with van der Waals surface area (Å²) in [6, 6.07) is 12.6. The molecule has 2 N–H and O–H groups in total. The Morgan fingerprint density at radius 1 is 1.14 bits per heavy atom. The monoisotopic (exact) mass is 369 g/mol. The first kappa shape index (κ1) is 15.5. The summed E-state index contributed by atoms with van der Waals surface area (Å²) in [6.07, 6.45) is 0. The minimum absolute atomic E-state index is 0.279. The van der Waals surface area contributed by atoms with Crippen LogP contribution in [0.5, 0.6) is 0 Å². The molecule has 0 aliphatic heterocycles. The molecule has 22 heavy (non-hydrogen) atoms. The number of fused-ring (bicyclic) bond motifs is 1. The van der Waals surface area contributed by atoms with Crippen LogP contribution in [0.1, 0.15) is 10.4 Å². The Balaban J connectivity index is 1.93. The molecule has 0 atom stereocenters. The van der Waals surface area contributed by atoms with Gasteiger partial charge in [0, 0.05) is 25.0 Å². The van der Waals surface area contributed by atoms with E-state index in [1.807, 2.05) is 18.2 Å². The minimum atomic E-state index is -0.954. The maximum Gasteiger partial charge on any atom is 0.339 e. The normalized spacial score (nSPS) is 10.8. The molecule has 0 radical (unpaired) electrons. The molecule has 1 heterocycles. The van der Waals surface area contributed by atoms with Crippen molar-refractivity contribution in [2.24, 2.45) is 0 Å². The number of carboxylic acid groups (broad SMARTS) is 1. The number of halogens is 2. The van der Waals surface area contributed by atoms with E-state index in [9.17, 15) is 9.90 Å². The lowest BCUT2D eigenvalue weighted by molar-refractivity contribution is 0.0700. The van der Waals surface area contributed by atoms with E-state index < -0.39 is 5.97 Å². The first-order valence-electron chi connectivity index (χ1n) is 6.18. The summed E-state index contributed by atoms with van der Waals surface area (Å²) in [4.78, 5) is 12.3. The number of carbonyl (C=O) groups is 1.